The smallest absolute Gasteiger partial charge is 0.164 e. The Balaban J connectivity index is 1.28. The van der Waals surface area contributed by atoms with Gasteiger partial charge < -0.3 is 8.98 Å². The molecule has 0 aliphatic rings. The maximum Gasteiger partial charge on any atom is 0.164 e. The summed E-state index contributed by atoms with van der Waals surface area (Å²) in [7, 11) is 0. The van der Waals surface area contributed by atoms with Gasteiger partial charge >= 0.3 is 0 Å². The second-order valence-corrected chi connectivity index (χ2v) is 10.5. The first-order valence-corrected chi connectivity index (χ1v) is 14.2. The molecule has 0 N–H and O–H groups in total. The van der Waals surface area contributed by atoms with E-state index >= 15 is 0 Å². The lowest BCUT2D eigenvalue weighted by molar-refractivity contribution is 0.668. The molecule has 5 nitrogen and oxygen atoms in total. The molecule has 0 saturated heterocycles. The molecule has 0 radical (unpaired) electrons. The van der Waals surface area contributed by atoms with Gasteiger partial charge in [0.25, 0.3) is 0 Å². The summed E-state index contributed by atoms with van der Waals surface area (Å²) in [6.07, 6.45) is 0. The molecule has 9 aromatic rings. The van der Waals surface area contributed by atoms with Crippen molar-refractivity contribution in [1.82, 2.24) is 19.5 Å². The highest BCUT2D eigenvalue weighted by atomic mass is 16.3. The van der Waals surface area contributed by atoms with E-state index in [1.54, 1.807) is 0 Å². The second-order valence-electron chi connectivity index (χ2n) is 10.5. The lowest BCUT2D eigenvalue weighted by Gasteiger charge is -2.09. The first-order valence-electron chi connectivity index (χ1n) is 16.7. The number of fused-ring (bicyclic) bond motifs is 6. The summed E-state index contributed by atoms with van der Waals surface area (Å²) >= 11 is 0. The zero-order valence-electron chi connectivity index (χ0n) is 28.2. The molecule has 5 heteroatoms. The fourth-order valence-corrected chi connectivity index (χ4v) is 6.03. The van der Waals surface area contributed by atoms with Gasteiger partial charge in [0, 0.05) is 50.0 Å². The molecule has 0 unspecified atom stereocenters. The van der Waals surface area contributed by atoms with Crippen LogP contribution in [-0.2, 0) is 0 Å². The molecular weight excluding hydrogens is 540 g/mol. The van der Waals surface area contributed by atoms with Crippen molar-refractivity contribution in [2.75, 3.05) is 0 Å². The lowest BCUT2D eigenvalue weighted by Crippen LogP contribution is -2.00. The Labute approximate surface area is 259 Å². The summed E-state index contributed by atoms with van der Waals surface area (Å²) < 4.78 is 50.6. The van der Waals surface area contributed by atoms with Crippen molar-refractivity contribution in [3.63, 3.8) is 0 Å². The third kappa shape index (κ3) is 3.83. The molecule has 0 amide bonds. The quantitative estimate of drug-likeness (QED) is 0.212. The van der Waals surface area contributed by atoms with Crippen molar-refractivity contribution < 1.29 is 11.3 Å². The third-order valence-electron chi connectivity index (χ3n) is 7.95. The number of para-hydroxylation sites is 2. The minimum Gasteiger partial charge on any atom is -0.456 e. The highest BCUT2D eigenvalue weighted by Gasteiger charge is 2.19. The first kappa shape index (κ1) is 19.9. The van der Waals surface area contributed by atoms with Gasteiger partial charge in [0.15, 0.2) is 17.5 Å². The van der Waals surface area contributed by atoms with Crippen LogP contribution in [0.4, 0.5) is 0 Å². The Morgan fingerprint density at radius 1 is 0.523 bits per heavy atom. The fraction of sp³-hybridized carbons (Fsp3) is 0. The van der Waals surface area contributed by atoms with Crippen LogP contribution in [0.25, 0.3) is 83.6 Å². The Kier molecular flexibility index (Phi) is 4.42. The second kappa shape index (κ2) is 9.75. The highest BCUT2D eigenvalue weighted by molar-refractivity contribution is 6.13. The summed E-state index contributed by atoms with van der Waals surface area (Å²) in [4.78, 5) is 14.3. The SMILES string of the molecule is [2H]c1c([2H])c([2H])c(-c2nc(-c3ccccc3)nc(-c3cccc4oc5cc(-n6c7ccccc7c7ccccc76)ccc5c34)n2)c([2H])c1[2H]. The van der Waals surface area contributed by atoms with Gasteiger partial charge in [-0.15, -0.1) is 0 Å². The van der Waals surface area contributed by atoms with Crippen LogP contribution in [0.2, 0.25) is 0 Å². The molecule has 0 saturated carbocycles. The number of hydrogen-bond donors (Lipinski definition) is 0. The molecule has 0 spiro atoms. The monoisotopic (exact) mass is 569 g/mol. The van der Waals surface area contributed by atoms with Crippen LogP contribution in [0.15, 0.2) is 150 Å². The van der Waals surface area contributed by atoms with E-state index < -0.39 is 18.1 Å². The Morgan fingerprint density at radius 2 is 1.18 bits per heavy atom. The van der Waals surface area contributed by atoms with Crippen LogP contribution in [0.3, 0.4) is 0 Å². The van der Waals surface area contributed by atoms with E-state index in [0.717, 1.165) is 27.5 Å². The number of aromatic nitrogens is 4. The molecule has 6 aromatic carbocycles. The average Bonchev–Trinajstić information content (AvgIpc) is 3.69. The van der Waals surface area contributed by atoms with Crippen molar-refractivity contribution in [3.8, 4) is 39.9 Å². The molecule has 0 fully saturated rings. The number of hydrogen-bond acceptors (Lipinski definition) is 4. The highest BCUT2D eigenvalue weighted by Crippen LogP contribution is 2.39. The van der Waals surface area contributed by atoms with Crippen molar-refractivity contribution in [2.45, 2.75) is 0 Å². The van der Waals surface area contributed by atoms with Crippen LogP contribution in [0.1, 0.15) is 6.85 Å². The van der Waals surface area contributed by atoms with E-state index in [2.05, 4.69) is 52.0 Å². The summed E-state index contributed by atoms with van der Waals surface area (Å²) in [6.45, 7) is 0. The molecule has 0 atom stereocenters. The van der Waals surface area contributed by atoms with E-state index in [0.29, 0.717) is 28.1 Å². The first-order chi connectivity index (χ1) is 23.9. The maximum absolute atomic E-state index is 8.63. The number of benzene rings is 6. The van der Waals surface area contributed by atoms with Crippen molar-refractivity contribution >= 4 is 43.7 Å². The molecule has 44 heavy (non-hydrogen) atoms. The number of furan rings is 1. The lowest BCUT2D eigenvalue weighted by atomic mass is 10.0. The zero-order valence-corrected chi connectivity index (χ0v) is 23.2. The molecule has 206 valence electrons. The minimum absolute atomic E-state index is 0.0145. The standard InChI is InChI=1S/C39H24N4O/c1-3-12-25(13-4-1)37-40-38(26-14-5-2-6-15-26)42-39(41-37)31-18-11-21-34-36(31)30-23-22-27(24-35(30)44-34)43-32-19-9-7-16-28(32)29-17-8-10-20-33(29)43/h1-24H/i1D,3D,4D,12D,13D. The summed E-state index contributed by atoms with van der Waals surface area (Å²) in [5.74, 6) is 0.584. The van der Waals surface area contributed by atoms with E-state index in [4.69, 9.17) is 21.2 Å². The van der Waals surface area contributed by atoms with Crippen LogP contribution in [0.5, 0.6) is 0 Å². The topological polar surface area (TPSA) is 56.7 Å². The van der Waals surface area contributed by atoms with Crippen molar-refractivity contribution in [3.05, 3.63) is 145 Å². The van der Waals surface area contributed by atoms with E-state index in [1.807, 2.05) is 72.8 Å². The van der Waals surface area contributed by atoms with Crippen LogP contribution in [-0.4, -0.2) is 19.5 Å². The molecule has 0 bridgehead atoms. The summed E-state index contributed by atoms with van der Waals surface area (Å²) in [6, 6.07) is 35.7. The Bertz CT molecular complexity index is 2710. The van der Waals surface area contributed by atoms with Crippen molar-refractivity contribution in [1.29, 1.82) is 0 Å². The Hall–Kier alpha value is -6.07. The van der Waals surface area contributed by atoms with E-state index in [9.17, 15) is 0 Å². The third-order valence-corrected chi connectivity index (χ3v) is 7.95. The molecule has 0 aliphatic heterocycles. The van der Waals surface area contributed by atoms with Gasteiger partial charge in [0.1, 0.15) is 11.2 Å². The van der Waals surface area contributed by atoms with Gasteiger partial charge in [-0.3, -0.25) is 0 Å². The molecule has 9 rings (SSSR count). The van der Waals surface area contributed by atoms with E-state index in [1.165, 1.54) is 10.8 Å². The molecular formula is C39H24N4O. The molecule has 3 aromatic heterocycles. The average molecular weight is 570 g/mol. The van der Waals surface area contributed by atoms with Crippen LogP contribution in [0, 0.1) is 0 Å². The van der Waals surface area contributed by atoms with Crippen molar-refractivity contribution in [2.24, 2.45) is 0 Å². The van der Waals surface area contributed by atoms with Gasteiger partial charge in [0.2, 0.25) is 0 Å². The minimum atomic E-state index is -0.480. The van der Waals surface area contributed by atoms with Gasteiger partial charge in [-0.1, -0.05) is 109 Å². The summed E-state index contributed by atoms with van der Waals surface area (Å²) in [5.41, 5.74) is 5.74. The van der Waals surface area contributed by atoms with Gasteiger partial charge in [0.05, 0.1) is 17.9 Å². The van der Waals surface area contributed by atoms with Gasteiger partial charge in [-0.2, -0.15) is 0 Å². The molecule has 0 aliphatic carbocycles. The maximum atomic E-state index is 8.63. The molecule has 3 heterocycles. The normalized spacial score (nSPS) is 13.2. The van der Waals surface area contributed by atoms with Crippen LogP contribution < -0.4 is 0 Å². The van der Waals surface area contributed by atoms with Gasteiger partial charge in [-0.05, 0) is 30.3 Å². The summed E-state index contributed by atoms with van der Waals surface area (Å²) in [5, 5.41) is 4.00. The predicted octanol–water partition coefficient (Wildman–Crippen LogP) is 9.87. The van der Waals surface area contributed by atoms with Gasteiger partial charge in [-0.25, -0.2) is 15.0 Å². The predicted molar refractivity (Wildman–Crippen MR) is 178 cm³/mol. The Morgan fingerprint density at radius 3 is 1.93 bits per heavy atom. The zero-order chi connectivity index (χ0) is 33.4. The largest absolute Gasteiger partial charge is 0.456 e. The van der Waals surface area contributed by atoms with Crippen LogP contribution >= 0.6 is 0 Å². The number of nitrogens with zero attached hydrogens (tertiary/aromatic N) is 4. The van der Waals surface area contributed by atoms with E-state index in [-0.39, 0.29) is 29.3 Å². The fourth-order valence-electron chi connectivity index (χ4n) is 6.03. The number of rotatable bonds is 4.